The zero-order valence-electron chi connectivity index (χ0n) is 23.7. The second kappa shape index (κ2) is 10.2. The van der Waals surface area contributed by atoms with Crippen molar-refractivity contribution in [2.24, 2.45) is 17.8 Å². The minimum Gasteiger partial charge on any atom is -0.504 e. The molecule has 1 N–H and O–H groups in total. The summed E-state index contributed by atoms with van der Waals surface area (Å²) in [5.74, 6) is -8.24. The molecule has 1 aromatic heterocycles. The van der Waals surface area contributed by atoms with Crippen molar-refractivity contribution in [1.82, 2.24) is 14.9 Å². The molecule has 4 aliphatic rings. The molecule has 3 fully saturated rings. The third kappa shape index (κ3) is 4.12. The van der Waals surface area contributed by atoms with Gasteiger partial charge in [-0.1, -0.05) is 35.4 Å². The lowest BCUT2D eigenvalue weighted by Gasteiger charge is -2.50. The van der Waals surface area contributed by atoms with E-state index in [-0.39, 0.29) is 34.9 Å². The van der Waals surface area contributed by atoms with Crippen LogP contribution in [0, 0.1) is 17.8 Å². The summed E-state index contributed by atoms with van der Waals surface area (Å²) in [6.07, 6.45) is -3.51. The lowest BCUT2D eigenvalue weighted by atomic mass is 9.56. The summed E-state index contributed by atoms with van der Waals surface area (Å²) in [4.78, 5) is 55.3. The Morgan fingerprint density at radius 3 is 2.40 bits per heavy atom. The Morgan fingerprint density at radius 1 is 1.07 bits per heavy atom. The van der Waals surface area contributed by atoms with Gasteiger partial charge in [0.15, 0.2) is 27.1 Å². The van der Waals surface area contributed by atoms with Crippen molar-refractivity contribution in [2.45, 2.75) is 34.7 Å². The van der Waals surface area contributed by atoms with Gasteiger partial charge in [0.2, 0.25) is 0 Å². The fraction of sp³-hybridized carbons (Fsp3) is 0.414. The van der Waals surface area contributed by atoms with E-state index in [1.165, 1.54) is 33.3 Å². The number of hydrogen-bond acceptors (Lipinski definition) is 8. The highest BCUT2D eigenvalue weighted by molar-refractivity contribution is 6.53. The van der Waals surface area contributed by atoms with Gasteiger partial charge in [0.05, 0.1) is 24.0 Å². The Kier molecular flexibility index (Phi) is 7.15. The number of nitrogens with zero attached hydrogens (tertiary/aromatic N) is 4. The predicted octanol–water partition coefficient (Wildman–Crippen LogP) is 4.51. The zero-order valence-corrected chi connectivity index (χ0v) is 26.0. The summed E-state index contributed by atoms with van der Waals surface area (Å²) in [5, 5.41) is 12.5. The number of carbonyl (C=O) groups excluding carboxylic acids is 4. The second-order valence-electron chi connectivity index (χ2n) is 11.4. The zero-order chi connectivity index (χ0) is 33.0. The number of pyridine rings is 1. The highest BCUT2D eigenvalue weighted by Gasteiger charge is 2.76. The minimum atomic E-state index is -4.82. The summed E-state index contributed by atoms with van der Waals surface area (Å²) < 4.78 is 45.6. The topological polar surface area (TPSA) is 120 Å². The molecule has 1 aromatic carbocycles. The van der Waals surface area contributed by atoms with Crippen LogP contribution in [0.15, 0.2) is 42.0 Å². The molecule has 10 nitrogen and oxygen atoms in total. The van der Waals surface area contributed by atoms with E-state index in [9.17, 15) is 37.5 Å². The summed E-state index contributed by atoms with van der Waals surface area (Å²) in [6.45, 7) is 0. The van der Waals surface area contributed by atoms with Crippen LogP contribution < -0.4 is 9.75 Å². The number of aromatic nitrogens is 1. The molecule has 1 saturated carbocycles. The average Bonchev–Trinajstić information content (AvgIpc) is 3.31. The molecule has 16 heteroatoms. The number of allylic oxidation sites excluding steroid dienone is 2. The molecule has 2 saturated heterocycles. The number of anilines is 1. The van der Waals surface area contributed by atoms with Crippen molar-refractivity contribution < 1.29 is 42.2 Å². The van der Waals surface area contributed by atoms with Crippen LogP contribution in [-0.4, -0.2) is 74.6 Å². The fourth-order valence-corrected chi connectivity index (χ4v) is 8.46. The Balaban J connectivity index is 1.47. The molecule has 45 heavy (non-hydrogen) atoms. The summed E-state index contributed by atoms with van der Waals surface area (Å²) in [7, 11) is 3.74. The van der Waals surface area contributed by atoms with Crippen molar-refractivity contribution in [2.75, 3.05) is 26.2 Å². The number of carbonyl (C=O) groups is 4. The number of hydrogen-bond donors (Lipinski definition) is 1. The Morgan fingerprint density at radius 2 is 1.76 bits per heavy atom. The third-order valence-corrected chi connectivity index (χ3v) is 11.0. The quantitative estimate of drug-likeness (QED) is 0.284. The van der Waals surface area contributed by atoms with E-state index >= 15 is 0 Å². The van der Waals surface area contributed by atoms with Crippen molar-refractivity contribution in [1.29, 1.82) is 0 Å². The van der Waals surface area contributed by atoms with Crippen LogP contribution in [-0.2, 0) is 25.4 Å². The van der Waals surface area contributed by atoms with Crippen LogP contribution in [0.4, 0.5) is 19.0 Å². The van der Waals surface area contributed by atoms with Crippen LogP contribution in [0.25, 0.3) is 0 Å². The van der Waals surface area contributed by atoms with Gasteiger partial charge in [-0.2, -0.15) is 18.2 Å². The van der Waals surface area contributed by atoms with E-state index < -0.39 is 74.7 Å². The Hall–Kier alpha value is -3.55. The van der Waals surface area contributed by atoms with Crippen LogP contribution in [0.5, 0.6) is 11.5 Å². The molecule has 2 aliphatic heterocycles. The van der Waals surface area contributed by atoms with Crippen molar-refractivity contribution >= 4 is 64.2 Å². The first kappa shape index (κ1) is 31.4. The highest BCUT2D eigenvalue weighted by atomic mass is 35.5. The first-order chi connectivity index (χ1) is 21.0. The Bertz CT molecular complexity index is 1720. The number of ether oxygens (including phenoxy) is 1. The van der Waals surface area contributed by atoms with Crippen molar-refractivity contribution in [3.63, 3.8) is 0 Å². The SMILES string of the molecule is COc1cccc(C2C3=CCC4C(=O)N(N(C)c5nc(C(F)(F)F)ccc5Cl)C(=O)C4C3CC3(Cl)C(=O)N(C)C(=O)C23Cl)c1O. The molecule has 2 aliphatic carbocycles. The number of halogens is 6. The van der Waals surface area contributed by atoms with Crippen molar-refractivity contribution in [3.8, 4) is 11.5 Å². The van der Waals surface area contributed by atoms with E-state index in [0.717, 1.165) is 16.0 Å². The first-order valence-corrected chi connectivity index (χ1v) is 14.8. The number of amides is 4. The fourth-order valence-electron chi connectivity index (χ4n) is 7.22. The molecule has 6 unspecified atom stereocenters. The number of benzene rings is 1. The normalized spacial score (nSPS) is 31.1. The number of phenolic OH excluding ortho intramolecular Hbond substituents is 1. The van der Waals surface area contributed by atoms with E-state index in [1.54, 1.807) is 12.1 Å². The van der Waals surface area contributed by atoms with Gasteiger partial charge < -0.3 is 9.84 Å². The monoisotopic (exact) mass is 686 g/mol. The van der Waals surface area contributed by atoms with Crippen LogP contribution >= 0.6 is 34.8 Å². The van der Waals surface area contributed by atoms with Gasteiger partial charge in [0.1, 0.15) is 5.69 Å². The van der Waals surface area contributed by atoms with Gasteiger partial charge in [0.25, 0.3) is 23.6 Å². The number of aromatic hydroxyl groups is 1. The molecular formula is C29H24Cl3F3N4O6. The molecule has 0 radical (unpaired) electrons. The smallest absolute Gasteiger partial charge is 0.433 e. The lowest BCUT2D eigenvalue weighted by Crippen LogP contribution is -2.60. The summed E-state index contributed by atoms with van der Waals surface area (Å²) >= 11 is 20.4. The molecular weight excluding hydrogens is 664 g/mol. The second-order valence-corrected chi connectivity index (χ2v) is 13.1. The summed E-state index contributed by atoms with van der Waals surface area (Å²) in [5.41, 5.74) is -0.757. The highest BCUT2D eigenvalue weighted by Crippen LogP contribution is 2.66. The number of para-hydroxylation sites is 1. The molecule has 6 rings (SSSR count). The van der Waals surface area contributed by atoms with Gasteiger partial charge in [0, 0.05) is 25.6 Å². The minimum absolute atomic E-state index is 0.0172. The molecule has 238 valence electrons. The van der Waals surface area contributed by atoms with E-state index in [0.29, 0.717) is 16.6 Å². The van der Waals surface area contributed by atoms with E-state index in [4.69, 9.17) is 39.5 Å². The summed E-state index contributed by atoms with van der Waals surface area (Å²) in [6, 6.07) is 6.17. The van der Waals surface area contributed by atoms with Gasteiger partial charge in [-0.3, -0.25) is 29.1 Å². The molecule has 0 spiro atoms. The van der Waals surface area contributed by atoms with Gasteiger partial charge in [-0.25, -0.2) is 4.98 Å². The molecule has 4 amide bonds. The van der Waals surface area contributed by atoms with Crippen LogP contribution in [0.1, 0.15) is 30.0 Å². The van der Waals surface area contributed by atoms with Gasteiger partial charge in [-0.05, 0) is 37.0 Å². The molecule has 6 atom stereocenters. The standard InChI is InChI=1S/C29H24Cl3F3N4O6/c1-37-25(43)27(31)11-15-12(20(28(27,32)26(37)44)14-5-4-6-17(45-3)21(14)40)7-8-13-19(15)24(42)39(23(13)41)38(2)22-16(30)9-10-18(36-22)29(33,34)35/h4-7,9-10,13,15,19-20,40H,8,11H2,1-3H3. The number of phenols is 1. The average molecular weight is 688 g/mol. The maximum Gasteiger partial charge on any atom is 0.433 e. The number of fused-ring (bicyclic) bond motifs is 4. The maximum absolute atomic E-state index is 14.1. The number of methoxy groups -OCH3 is 1. The number of rotatable bonds is 4. The van der Waals surface area contributed by atoms with Crippen LogP contribution in [0.2, 0.25) is 5.02 Å². The Labute approximate surface area is 269 Å². The predicted molar refractivity (Wildman–Crippen MR) is 155 cm³/mol. The van der Waals surface area contributed by atoms with Crippen molar-refractivity contribution in [3.05, 3.63) is 58.3 Å². The molecule has 3 heterocycles. The van der Waals surface area contributed by atoms with Gasteiger partial charge >= 0.3 is 6.18 Å². The lowest BCUT2D eigenvalue weighted by molar-refractivity contribution is -0.141. The maximum atomic E-state index is 14.1. The number of likely N-dealkylation sites (tertiary alicyclic amines) is 1. The third-order valence-electron chi connectivity index (χ3n) is 9.28. The van der Waals surface area contributed by atoms with E-state index in [2.05, 4.69) is 4.98 Å². The van der Waals surface area contributed by atoms with Gasteiger partial charge in [-0.15, -0.1) is 23.2 Å². The number of alkyl halides is 5. The number of hydrazine groups is 1. The first-order valence-electron chi connectivity index (χ1n) is 13.6. The largest absolute Gasteiger partial charge is 0.504 e. The van der Waals surface area contributed by atoms with E-state index in [1.807, 2.05) is 0 Å². The molecule has 0 bridgehead atoms. The molecule has 2 aromatic rings. The number of imide groups is 2. The van der Waals surface area contributed by atoms with Crippen LogP contribution in [0.3, 0.4) is 0 Å².